The van der Waals surface area contributed by atoms with Crippen LogP contribution in [0.3, 0.4) is 0 Å². The van der Waals surface area contributed by atoms with Crippen molar-refractivity contribution in [3.05, 3.63) is 29.6 Å². The fourth-order valence-corrected chi connectivity index (χ4v) is 3.29. The van der Waals surface area contributed by atoms with Gasteiger partial charge in [0.25, 0.3) is 0 Å². The first-order valence-electron chi connectivity index (χ1n) is 7.18. The van der Waals surface area contributed by atoms with Crippen LogP contribution in [0, 0.1) is 17.7 Å². The highest BCUT2D eigenvalue weighted by Crippen LogP contribution is 2.35. The van der Waals surface area contributed by atoms with Crippen LogP contribution in [-0.4, -0.2) is 25.4 Å². The number of ether oxygens (including phenoxy) is 2. The SMILES string of the molecule is COc1cccc(CC(N)C2C(C)OC(C)C2C)c1F. The summed E-state index contributed by atoms with van der Waals surface area (Å²) in [4.78, 5) is 0. The highest BCUT2D eigenvalue weighted by Gasteiger charge is 2.40. The molecule has 0 aromatic heterocycles. The molecule has 0 aliphatic carbocycles. The number of rotatable bonds is 4. The molecule has 2 N–H and O–H groups in total. The van der Waals surface area contributed by atoms with Crippen LogP contribution in [0.15, 0.2) is 18.2 Å². The van der Waals surface area contributed by atoms with E-state index in [2.05, 4.69) is 13.8 Å². The van der Waals surface area contributed by atoms with Gasteiger partial charge in [-0.05, 0) is 37.8 Å². The summed E-state index contributed by atoms with van der Waals surface area (Å²) < 4.78 is 25.0. The van der Waals surface area contributed by atoms with E-state index < -0.39 is 0 Å². The van der Waals surface area contributed by atoms with E-state index >= 15 is 0 Å². The fraction of sp³-hybridized carbons (Fsp3) is 0.625. The van der Waals surface area contributed by atoms with Gasteiger partial charge in [0, 0.05) is 12.0 Å². The Morgan fingerprint density at radius 2 is 2.00 bits per heavy atom. The minimum atomic E-state index is -0.308. The summed E-state index contributed by atoms with van der Waals surface area (Å²) in [5, 5.41) is 0. The van der Waals surface area contributed by atoms with Gasteiger partial charge in [0.15, 0.2) is 11.6 Å². The zero-order valence-electron chi connectivity index (χ0n) is 12.6. The lowest BCUT2D eigenvalue weighted by Gasteiger charge is -2.26. The summed E-state index contributed by atoms with van der Waals surface area (Å²) in [7, 11) is 1.47. The molecule has 1 aliphatic heterocycles. The smallest absolute Gasteiger partial charge is 0.168 e. The third-order valence-electron chi connectivity index (χ3n) is 4.53. The monoisotopic (exact) mass is 281 g/mol. The molecule has 0 saturated carbocycles. The van der Waals surface area contributed by atoms with E-state index in [1.165, 1.54) is 7.11 Å². The molecule has 0 spiro atoms. The number of hydrogen-bond acceptors (Lipinski definition) is 3. The first kappa shape index (κ1) is 15.3. The van der Waals surface area contributed by atoms with Crippen molar-refractivity contribution in [3.8, 4) is 5.75 Å². The minimum Gasteiger partial charge on any atom is -0.494 e. The third-order valence-corrected chi connectivity index (χ3v) is 4.53. The summed E-state index contributed by atoms with van der Waals surface area (Å²) >= 11 is 0. The predicted molar refractivity (Wildman–Crippen MR) is 77.3 cm³/mol. The lowest BCUT2D eigenvalue weighted by atomic mass is 9.81. The Morgan fingerprint density at radius 1 is 1.30 bits per heavy atom. The van der Waals surface area contributed by atoms with Gasteiger partial charge in [0.05, 0.1) is 19.3 Å². The second kappa shape index (κ2) is 6.10. The molecule has 0 amide bonds. The van der Waals surface area contributed by atoms with Crippen molar-refractivity contribution in [2.75, 3.05) is 7.11 Å². The normalized spacial score (nSPS) is 31.3. The van der Waals surface area contributed by atoms with Crippen molar-refractivity contribution in [2.24, 2.45) is 17.6 Å². The molecule has 5 unspecified atom stereocenters. The Balaban J connectivity index is 2.14. The Bertz CT molecular complexity index is 466. The van der Waals surface area contributed by atoms with Gasteiger partial charge < -0.3 is 15.2 Å². The molecule has 1 saturated heterocycles. The van der Waals surface area contributed by atoms with Crippen LogP contribution < -0.4 is 10.5 Å². The second-order valence-corrected chi connectivity index (χ2v) is 5.78. The lowest BCUT2D eigenvalue weighted by molar-refractivity contribution is 0.0490. The van der Waals surface area contributed by atoms with Gasteiger partial charge in [-0.3, -0.25) is 0 Å². The first-order chi connectivity index (χ1) is 9.45. The Hall–Kier alpha value is -1.13. The average molecular weight is 281 g/mol. The molecule has 3 nitrogen and oxygen atoms in total. The van der Waals surface area contributed by atoms with Gasteiger partial charge in [-0.25, -0.2) is 4.39 Å². The molecule has 1 aliphatic rings. The summed E-state index contributed by atoms with van der Waals surface area (Å²) in [5.74, 6) is 0.592. The maximum atomic E-state index is 14.2. The highest BCUT2D eigenvalue weighted by atomic mass is 19.1. The molecule has 1 aromatic rings. The van der Waals surface area contributed by atoms with E-state index in [9.17, 15) is 4.39 Å². The van der Waals surface area contributed by atoms with E-state index in [4.69, 9.17) is 15.2 Å². The summed E-state index contributed by atoms with van der Waals surface area (Å²) in [6.45, 7) is 6.27. The van der Waals surface area contributed by atoms with Crippen molar-refractivity contribution >= 4 is 0 Å². The van der Waals surface area contributed by atoms with Crippen LogP contribution in [0.2, 0.25) is 0 Å². The van der Waals surface area contributed by atoms with Gasteiger partial charge in [-0.15, -0.1) is 0 Å². The molecule has 112 valence electrons. The van der Waals surface area contributed by atoms with Crippen molar-refractivity contribution < 1.29 is 13.9 Å². The zero-order valence-corrected chi connectivity index (χ0v) is 12.6. The van der Waals surface area contributed by atoms with E-state index in [1.54, 1.807) is 18.2 Å². The fourth-order valence-electron chi connectivity index (χ4n) is 3.29. The molecular weight excluding hydrogens is 257 g/mol. The summed E-state index contributed by atoms with van der Waals surface area (Å²) in [6.07, 6.45) is 0.818. The first-order valence-corrected chi connectivity index (χ1v) is 7.18. The molecule has 2 rings (SSSR count). The predicted octanol–water partition coefficient (Wildman–Crippen LogP) is 2.76. The quantitative estimate of drug-likeness (QED) is 0.923. The van der Waals surface area contributed by atoms with Crippen molar-refractivity contribution in [1.29, 1.82) is 0 Å². The molecule has 5 atom stereocenters. The Kier molecular flexibility index (Phi) is 4.66. The van der Waals surface area contributed by atoms with Gasteiger partial charge in [0.2, 0.25) is 0 Å². The largest absolute Gasteiger partial charge is 0.494 e. The van der Waals surface area contributed by atoms with Gasteiger partial charge in [-0.2, -0.15) is 0 Å². The Labute approximate surface area is 120 Å². The number of methoxy groups -OCH3 is 1. The third kappa shape index (κ3) is 2.81. The van der Waals surface area contributed by atoms with Gasteiger partial charge in [0.1, 0.15) is 0 Å². The van der Waals surface area contributed by atoms with Gasteiger partial charge >= 0.3 is 0 Å². The molecule has 0 bridgehead atoms. The number of benzene rings is 1. The molecule has 1 heterocycles. The number of halogens is 1. The summed E-state index contributed by atoms with van der Waals surface area (Å²) in [5.41, 5.74) is 6.93. The molecular formula is C16H24FNO2. The summed E-state index contributed by atoms with van der Waals surface area (Å²) in [6, 6.07) is 5.07. The lowest BCUT2D eigenvalue weighted by Crippen LogP contribution is -2.39. The van der Waals surface area contributed by atoms with E-state index in [-0.39, 0.29) is 35.7 Å². The van der Waals surface area contributed by atoms with Crippen LogP contribution in [0.1, 0.15) is 26.3 Å². The maximum absolute atomic E-state index is 14.2. The minimum absolute atomic E-state index is 0.115. The van der Waals surface area contributed by atoms with Crippen LogP contribution in [0.5, 0.6) is 5.75 Å². The number of nitrogens with two attached hydrogens (primary N) is 1. The molecule has 0 radical (unpaired) electrons. The molecule has 1 aromatic carbocycles. The topological polar surface area (TPSA) is 44.5 Å². The van der Waals surface area contributed by atoms with Crippen LogP contribution in [0.25, 0.3) is 0 Å². The standard InChI is InChI=1S/C16H24FNO2/c1-9-10(2)20-11(3)15(9)13(18)8-12-6-5-7-14(19-4)16(12)17/h5-7,9-11,13,15H,8,18H2,1-4H3. The van der Waals surface area contributed by atoms with Gasteiger partial charge in [-0.1, -0.05) is 19.1 Å². The number of hydrogen-bond donors (Lipinski definition) is 1. The molecule has 4 heteroatoms. The van der Waals surface area contributed by atoms with Crippen molar-refractivity contribution in [1.82, 2.24) is 0 Å². The van der Waals surface area contributed by atoms with Crippen LogP contribution >= 0.6 is 0 Å². The second-order valence-electron chi connectivity index (χ2n) is 5.78. The molecule has 20 heavy (non-hydrogen) atoms. The average Bonchev–Trinajstić information content (AvgIpc) is 2.65. The maximum Gasteiger partial charge on any atom is 0.168 e. The van der Waals surface area contributed by atoms with Crippen LogP contribution in [-0.2, 0) is 11.2 Å². The molecule has 1 fully saturated rings. The van der Waals surface area contributed by atoms with Crippen molar-refractivity contribution in [3.63, 3.8) is 0 Å². The van der Waals surface area contributed by atoms with Crippen LogP contribution in [0.4, 0.5) is 4.39 Å². The zero-order chi connectivity index (χ0) is 14.9. The van der Waals surface area contributed by atoms with Crippen molar-refractivity contribution in [2.45, 2.75) is 45.4 Å². The van der Waals surface area contributed by atoms with E-state index in [0.29, 0.717) is 17.9 Å². The Morgan fingerprint density at radius 3 is 2.55 bits per heavy atom. The van der Waals surface area contributed by atoms with E-state index in [0.717, 1.165) is 0 Å². The van der Waals surface area contributed by atoms with E-state index in [1.807, 2.05) is 6.92 Å². The highest BCUT2D eigenvalue weighted by molar-refractivity contribution is 5.31.